The standard InChI is InChI=1S/C11H17N6O7P/c1-21-6-5(19)10(23-24-25(20)3-18)22-9(6)17-2-14-4-7(12)15-11(13)16-8(4)17/h2,5-6,9-10,18-20H,3H2,1H3,(H4,12,13,15,16)/t5-,6?,9-,10-,25?/m1/s1. The summed E-state index contributed by atoms with van der Waals surface area (Å²) in [6.07, 6.45) is -3.56. The third-order valence-electron chi connectivity index (χ3n) is 3.53. The third kappa shape index (κ3) is 3.36. The second-order valence-electron chi connectivity index (χ2n) is 5.04. The van der Waals surface area contributed by atoms with Gasteiger partial charge in [0.1, 0.15) is 24.1 Å². The molecule has 0 aromatic carbocycles. The smallest absolute Gasteiger partial charge is 0.232 e. The molecule has 2 unspecified atom stereocenters. The lowest BCUT2D eigenvalue weighted by molar-refractivity contribution is -0.332. The van der Waals surface area contributed by atoms with Crippen molar-refractivity contribution in [2.24, 2.45) is 0 Å². The largest absolute Gasteiger partial charge is 0.387 e. The maximum absolute atomic E-state index is 10.3. The van der Waals surface area contributed by atoms with Crippen LogP contribution in [-0.4, -0.2) is 66.6 Å². The Morgan fingerprint density at radius 3 is 2.84 bits per heavy atom. The molecule has 0 bridgehead atoms. The lowest BCUT2D eigenvalue weighted by Crippen LogP contribution is -2.34. The van der Waals surface area contributed by atoms with Crippen LogP contribution in [-0.2, 0) is 19.0 Å². The Labute approximate surface area is 141 Å². The molecule has 3 rings (SSSR count). The first-order valence-electron chi connectivity index (χ1n) is 6.98. The number of nitrogen functional groups attached to an aromatic ring is 2. The van der Waals surface area contributed by atoms with E-state index in [-0.39, 0.29) is 17.4 Å². The minimum absolute atomic E-state index is 0.0516. The Bertz CT molecular complexity index is 747. The van der Waals surface area contributed by atoms with E-state index >= 15 is 0 Å². The van der Waals surface area contributed by atoms with E-state index in [0.29, 0.717) is 5.52 Å². The highest BCUT2D eigenvalue weighted by Crippen LogP contribution is 2.37. The van der Waals surface area contributed by atoms with Crippen LogP contribution in [0.15, 0.2) is 6.33 Å². The highest BCUT2D eigenvalue weighted by Gasteiger charge is 2.47. The van der Waals surface area contributed by atoms with E-state index in [1.807, 2.05) is 0 Å². The number of nitrogens with two attached hydrogens (primary N) is 2. The van der Waals surface area contributed by atoms with Crippen molar-refractivity contribution in [3.8, 4) is 0 Å². The fourth-order valence-electron chi connectivity index (χ4n) is 2.44. The molecule has 0 saturated carbocycles. The number of fused-ring (bicyclic) bond motifs is 1. The summed E-state index contributed by atoms with van der Waals surface area (Å²) >= 11 is 0. The molecule has 7 N–H and O–H groups in total. The van der Waals surface area contributed by atoms with Gasteiger partial charge in [-0.25, -0.2) is 4.98 Å². The first-order chi connectivity index (χ1) is 12.0. The van der Waals surface area contributed by atoms with Gasteiger partial charge in [-0.05, 0) is 0 Å². The summed E-state index contributed by atoms with van der Waals surface area (Å²) in [5.74, 6) is 0.0445. The predicted octanol–water partition coefficient (Wildman–Crippen LogP) is -1.58. The molecule has 0 radical (unpaired) electrons. The van der Waals surface area contributed by atoms with Gasteiger partial charge in [0, 0.05) is 7.11 Å². The Morgan fingerprint density at radius 1 is 1.40 bits per heavy atom. The molecule has 1 aliphatic rings. The molecule has 1 saturated heterocycles. The highest BCUT2D eigenvalue weighted by molar-refractivity contribution is 7.45. The maximum atomic E-state index is 10.3. The molecule has 138 valence electrons. The van der Waals surface area contributed by atoms with Crippen LogP contribution in [0.1, 0.15) is 6.23 Å². The van der Waals surface area contributed by atoms with Crippen LogP contribution < -0.4 is 11.5 Å². The van der Waals surface area contributed by atoms with Gasteiger partial charge in [-0.3, -0.25) is 4.57 Å². The van der Waals surface area contributed by atoms with Crippen LogP contribution in [0.25, 0.3) is 11.2 Å². The quantitative estimate of drug-likeness (QED) is 0.221. The molecule has 25 heavy (non-hydrogen) atoms. The lowest BCUT2D eigenvalue weighted by Gasteiger charge is -2.19. The number of hydrogen-bond acceptors (Lipinski definition) is 12. The molecule has 3 heterocycles. The number of imidazole rings is 1. The number of methoxy groups -OCH3 is 1. The van der Waals surface area contributed by atoms with Crippen LogP contribution in [0.2, 0.25) is 0 Å². The summed E-state index contributed by atoms with van der Waals surface area (Å²) in [5.41, 5.74) is 12.0. The van der Waals surface area contributed by atoms with Crippen molar-refractivity contribution in [2.75, 3.05) is 24.9 Å². The maximum Gasteiger partial charge on any atom is 0.232 e. The van der Waals surface area contributed by atoms with Crippen molar-refractivity contribution in [3.05, 3.63) is 6.33 Å². The Hall–Kier alpha value is -1.70. The van der Waals surface area contributed by atoms with E-state index in [2.05, 4.69) is 19.6 Å². The third-order valence-corrected chi connectivity index (χ3v) is 4.03. The summed E-state index contributed by atoms with van der Waals surface area (Å²) in [4.78, 5) is 26.1. The molecule has 5 atom stereocenters. The number of rotatable bonds is 6. The molecular formula is C11H17N6O7P. The Balaban J connectivity index is 1.88. The summed E-state index contributed by atoms with van der Waals surface area (Å²) in [6.45, 7) is 0. The minimum atomic E-state index is -2.20. The number of aromatic nitrogens is 4. The Morgan fingerprint density at radius 2 is 2.16 bits per heavy atom. The highest BCUT2D eigenvalue weighted by atomic mass is 31.2. The second-order valence-corrected chi connectivity index (χ2v) is 6.18. The molecule has 0 aliphatic carbocycles. The zero-order chi connectivity index (χ0) is 18.1. The van der Waals surface area contributed by atoms with Crippen molar-refractivity contribution in [2.45, 2.75) is 24.7 Å². The molecule has 14 heteroatoms. The van der Waals surface area contributed by atoms with E-state index in [4.69, 9.17) is 30.9 Å². The number of ether oxygens (including phenoxy) is 2. The number of hydrogen-bond donors (Lipinski definition) is 5. The van der Waals surface area contributed by atoms with Gasteiger partial charge in [0.2, 0.25) is 20.6 Å². The van der Waals surface area contributed by atoms with E-state index in [0.717, 1.165) is 0 Å². The van der Waals surface area contributed by atoms with Crippen molar-refractivity contribution >= 4 is 31.3 Å². The minimum Gasteiger partial charge on any atom is -0.387 e. The molecule has 2 aromatic heterocycles. The van der Waals surface area contributed by atoms with E-state index in [1.165, 1.54) is 18.0 Å². The zero-order valence-electron chi connectivity index (χ0n) is 13.0. The van der Waals surface area contributed by atoms with Crippen molar-refractivity contribution in [3.63, 3.8) is 0 Å². The summed E-state index contributed by atoms with van der Waals surface area (Å²) in [5, 5.41) is 19.0. The van der Waals surface area contributed by atoms with Crippen LogP contribution in [0.5, 0.6) is 0 Å². The van der Waals surface area contributed by atoms with Gasteiger partial charge in [0.15, 0.2) is 17.7 Å². The van der Waals surface area contributed by atoms with Crippen molar-refractivity contribution in [1.29, 1.82) is 0 Å². The predicted molar refractivity (Wildman–Crippen MR) is 83.3 cm³/mol. The van der Waals surface area contributed by atoms with Crippen LogP contribution in [0.4, 0.5) is 11.8 Å². The summed E-state index contributed by atoms with van der Waals surface area (Å²) in [6, 6.07) is 0. The number of anilines is 2. The second kappa shape index (κ2) is 7.27. The fourth-order valence-corrected chi connectivity index (χ4v) is 2.67. The zero-order valence-corrected chi connectivity index (χ0v) is 13.9. The van der Waals surface area contributed by atoms with Gasteiger partial charge in [-0.15, -0.1) is 0 Å². The molecule has 1 aliphatic heterocycles. The van der Waals surface area contributed by atoms with Crippen LogP contribution >= 0.6 is 8.38 Å². The van der Waals surface area contributed by atoms with Gasteiger partial charge in [0.05, 0.1) is 6.33 Å². The first-order valence-corrected chi connectivity index (χ1v) is 8.38. The summed E-state index contributed by atoms with van der Waals surface area (Å²) in [7, 11) is -0.828. The van der Waals surface area contributed by atoms with Gasteiger partial charge in [0.25, 0.3) is 0 Å². The van der Waals surface area contributed by atoms with Gasteiger partial charge >= 0.3 is 0 Å². The monoisotopic (exact) mass is 376 g/mol. The number of aliphatic hydroxyl groups is 2. The van der Waals surface area contributed by atoms with E-state index < -0.39 is 39.4 Å². The molecule has 1 fully saturated rings. The Kier molecular flexibility index (Phi) is 5.27. The summed E-state index contributed by atoms with van der Waals surface area (Å²) < 4.78 is 16.9. The van der Waals surface area contributed by atoms with Gasteiger partial charge in [-0.1, -0.05) is 0 Å². The average molecular weight is 376 g/mol. The molecule has 0 amide bonds. The lowest BCUT2D eigenvalue weighted by atomic mass is 10.2. The van der Waals surface area contributed by atoms with Crippen molar-refractivity contribution < 1.29 is 34.1 Å². The molecule has 2 aromatic rings. The van der Waals surface area contributed by atoms with Gasteiger partial charge in [-0.2, -0.15) is 19.5 Å². The fraction of sp³-hybridized carbons (Fsp3) is 0.545. The van der Waals surface area contributed by atoms with Crippen LogP contribution in [0, 0.1) is 0 Å². The normalized spacial score (nSPS) is 27.8. The first kappa shape index (κ1) is 18.1. The van der Waals surface area contributed by atoms with Crippen LogP contribution in [0.3, 0.4) is 0 Å². The van der Waals surface area contributed by atoms with E-state index in [1.54, 1.807) is 0 Å². The van der Waals surface area contributed by atoms with E-state index in [9.17, 15) is 10.00 Å². The topological polar surface area (TPSA) is 193 Å². The molecule has 0 spiro atoms. The number of aliphatic hydroxyl groups excluding tert-OH is 2. The molecule has 13 nitrogen and oxygen atoms in total. The average Bonchev–Trinajstić information content (AvgIpc) is 3.13. The van der Waals surface area contributed by atoms with Crippen molar-refractivity contribution in [1.82, 2.24) is 19.5 Å². The molecular weight excluding hydrogens is 359 g/mol. The SMILES string of the molecule is COC1[C@@H](O)[C@@H](OOP(O)CO)O[C@H]1n1cnc2c(N)nc(N)nc21. The van der Waals surface area contributed by atoms with Gasteiger partial charge < -0.3 is 36.0 Å². The number of nitrogens with zero attached hydrogens (tertiary/aromatic N) is 4.